The first-order valence-electron chi connectivity index (χ1n) is 5.42. The molecule has 0 bridgehead atoms. The molecular formula is C11H15N5. The second kappa shape index (κ2) is 4.85. The SMILES string of the molecule is CCCc1ccccc1-n1nnnc1CN. The van der Waals surface area contributed by atoms with Crippen molar-refractivity contribution in [2.75, 3.05) is 0 Å². The first-order chi connectivity index (χ1) is 7.86. The molecule has 2 rings (SSSR count). The van der Waals surface area contributed by atoms with E-state index in [4.69, 9.17) is 5.73 Å². The van der Waals surface area contributed by atoms with Crippen LogP contribution in [-0.2, 0) is 13.0 Å². The predicted molar refractivity (Wildman–Crippen MR) is 61.0 cm³/mol. The summed E-state index contributed by atoms with van der Waals surface area (Å²) in [6.45, 7) is 2.49. The number of rotatable bonds is 4. The van der Waals surface area contributed by atoms with Gasteiger partial charge in [0.15, 0.2) is 5.82 Å². The van der Waals surface area contributed by atoms with E-state index in [1.54, 1.807) is 4.68 Å². The summed E-state index contributed by atoms with van der Waals surface area (Å²) in [5, 5.41) is 11.5. The van der Waals surface area contributed by atoms with E-state index in [1.165, 1.54) is 5.56 Å². The molecule has 0 saturated heterocycles. The van der Waals surface area contributed by atoms with Crippen molar-refractivity contribution in [1.29, 1.82) is 0 Å². The summed E-state index contributed by atoms with van der Waals surface area (Å²) in [6.07, 6.45) is 2.11. The molecule has 0 spiro atoms. The Balaban J connectivity index is 2.46. The van der Waals surface area contributed by atoms with Crippen LogP contribution in [0.25, 0.3) is 5.69 Å². The third-order valence-corrected chi connectivity index (χ3v) is 2.46. The van der Waals surface area contributed by atoms with E-state index in [1.807, 2.05) is 18.2 Å². The van der Waals surface area contributed by atoms with Crippen LogP contribution in [0.15, 0.2) is 24.3 Å². The molecule has 1 aromatic heterocycles. The van der Waals surface area contributed by atoms with E-state index >= 15 is 0 Å². The van der Waals surface area contributed by atoms with Gasteiger partial charge in [-0.2, -0.15) is 4.68 Å². The second-order valence-electron chi connectivity index (χ2n) is 3.59. The number of para-hydroxylation sites is 1. The van der Waals surface area contributed by atoms with Crippen LogP contribution in [0.5, 0.6) is 0 Å². The Morgan fingerprint density at radius 1 is 1.31 bits per heavy atom. The predicted octanol–water partition coefficient (Wildman–Crippen LogP) is 1.07. The van der Waals surface area contributed by atoms with Gasteiger partial charge >= 0.3 is 0 Å². The highest BCUT2D eigenvalue weighted by Crippen LogP contribution is 2.15. The standard InChI is InChI=1S/C11H15N5/c1-2-5-9-6-3-4-7-10(9)16-11(8-12)13-14-15-16/h3-4,6-7H,2,5,8,12H2,1H3. The summed E-state index contributed by atoms with van der Waals surface area (Å²) in [5.41, 5.74) is 7.86. The fourth-order valence-electron chi connectivity index (χ4n) is 1.72. The van der Waals surface area contributed by atoms with Gasteiger partial charge in [0, 0.05) is 0 Å². The molecule has 84 valence electrons. The Morgan fingerprint density at radius 2 is 2.12 bits per heavy atom. The van der Waals surface area contributed by atoms with Crippen LogP contribution in [0.2, 0.25) is 0 Å². The zero-order valence-corrected chi connectivity index (χ0v) is 9.30. The van der Waals surface area contributed by atoms with Gasteiger partial charge in [-0.15, -0.1) is 5.10 Å². The Kier molecular flexibility index (Phi) is 3.26. The van der Waals surface area contributed by atoms with Crippen LogP contribution in [0.3, 0.4) is 0 Å². The van der Waals surface area contributed by atoms with Crippen LogP contribution in [-0.4, -0.2) is 20.2 Å². The van der Waals surface area contributed by atoms with E-state index in [9.17, 15) is 0 Å². The molecule has 0 amide bonds. The van der Waals surface area contributed by atoms with Crippen LogP contribution in [0.1, 0.15) is 24.7 Å². The van der Waals surface area contributed by atoms with E-state index < -0.39 is 0 Å². The van der Waals surface area contributed by atoms with Gasteiger partial charge in [-0.05, 0) is 28.5 Å². The molecule has 1 heterocycles. The number of aryl methyl sites for hydroxylation is 1. The highest BCUT2D eigenvalue weighted by atomic mass is 15.5. The molecular weight excluding hydrogens is 202 g/mol. The van der Waals surface area contributed by atoms with Gasteiger partial charge in [0.25, 0.3) is 0 Å². The number of aromatic nitrogens is 4. The van der Waals surface area contributed by atoms with Crippen LogP contribution >= 0.6 is 0 Å². The molecule has 0 radical (unpaired) electrons. The molecule has 0 aliphatic carbocycles. The average Bonchev–Trinajstić information content (AvgIpc) is 2.78. The Morgan fingerprint density at radius 3 is 2.88 bits per heavy atom. The fourth-order valence-corrected chi connectivity index (χ4v) is 1.72. The summed E-state index contributed by atoms with van der Waals surface area (Å²) in [4.78, 5) is 0. The van der Waals surface area contributed by atoms with Crippen molar-refractivity contribution in [3.8, 4) is 5.69 Å². The number of benzene rings is 1. The largest absolute Gasteiger partial charge is 0.324 e. The lowest BCUT2D eigenvalue weighted by atomic mass is 10.1. The van der Waals surface area contributed by atoms with E-state index in [0.29, 0.717) is 12.4 Å². The monoisotopic (exact) mass is 217 g/mol. The smallest absolute Gasteiger partial charge is 0.170 e. The second-order valence-corrected chi connectivity index (χ2v) is 3.59. The van der Waals surface area contributed by atoms with Crippen molar-refractivity contribution >= 4 is 0 Å². The van der Waals surface area contributed by atoms with Crippen molar-refractivity contribution in [3.63, 3.8) is 0 Å². The number of nitrogens with two attached hydrogens (primary N) is 1. The van der Waals surface area contributed by atoms with E-state index in [0.717, 1.165) is 18.5 Å². The molecule has 5 nitrogen and oxygen atoms in total. The minimum absolute atomic E-state index is 0.341. The van der Waals surface area contributed by atoms with Crippen LogP contribution in [0.4, 0.5) is 0 Å². The fraction of sp³-hybridized carbons (Fsp3) is 0.364. The molecule has 0 fully saturated rings. The lowest BCUT2D eigenvalue weighted by molar-refractivity contribution is 0.748. The van der Waals surface area contributed by atoms with Crippen molar-refractivity contribution in [1.82, 2.24) is 20.2 Å². The van der Waals surface area contributed by atoms with Gasteiger partial charge in [-0.25, -0.2) is 0 Å². The lowest BCUT2D eigenvalue weighted by Gasteiger charge is -2.08. The molecule has 0 saturated carbocycles. The number of hydrogen-bond donors (Lipinski definition) is 1. The lowest BCUT2D eigenvalue weighted by Crippen LogP contribution is -2.09. The summed E-state index contributed by atoms with van der Waals surface area (Å²) in [7, 11) is 0. The van der Waals surface area contributed by atoms with E-state index in [-0.39, 0.29) is 0 Å². The van der Waals surface area contributed by atoms with Crippen LogP contribution in [0, 0.1) is 0 Å². The molecule has 2 N–H and O–H groups in total. The zero-order chi connectivity index (χ0) is 11.4. The van der Waals surface area contributed by atoms with Crippen molar-refractivity contribution < 1.29 is 0 Å². The number of nitrogens with zero attached hydrogens (tertiary/aromatic N) is 4. The molecule has 1 aromatic carbocycles. The minimum atomic E-state index is 0.341. The molecule has 0 aliphatic rings. The molecule has 5 heteroatoms. The van der Waals surface area contributed by atoms with Gasteiger partial charge in [0.1, 0.15) is 0 Å². The Bertz CT molecular complexity index is 463. The maximum Gasteiger partial charge on any atom is 0.170 e. The average molecular weight is 217 g/mol. The van der Waals surface area contributed by atoms with Crippen molar-refractivity contribution in [2.24, 2.45) is 5.73 Å². The van der Waals surface area contributed by atoms with Crippen molar-refractivity contribution in [2.45, 2.75) is 26.3 Å². The summed E-state index contributed by atoms with van der Waals surface area (Å²) < 4.78 is 1.71. The highest BCUT2D eigenvalue weighted by Gasteiger charge is 2.09. The van der Waals surface area contributed by atoms with Gasteiger partial charge in [-0.1, -0.05) is 31.5 Å². The maximum absolute atomic E-state index is 5.59. The molecule has 0 unspecified atom stereocenters. The Labute approximate surface area is 94.3 Å². The molecule has 0 atom stereocenters. The summed E-state index contributed by atoms with van der Waals surface area (Å²) >= 11 is 0. The maximum atomic E-state index is 5.59. The molecule has 2 aromatic rings. The van der Waals surface area contributed by atoms with Gasteiger partial charge in [-0.3, -0.25) is 0 Å². The zero-order valence-electron chi connectivity index (χ0n) is 9.30. The van der Waals surface area contributed by atoms with Gasteiger partial charge in [0.2, 0.25) is 0 Å². The Hall–Kier alpha value is -1.75. The quantitative estimate of drug-likeness (QED) is 0.831. The van der Waals surface area contributed by atoms with Gasteiger partial charge < -0.3 is 5.73 Å². The topological polar surface area (TPSA) is 69.6 Å². The first kappa shape index (κ1) is 10.8. The first-order valence-corrected chi connectivity index (χ1v) is 5.42. The van der Waals surface area contributed by atoms with Crippen LogP contribution < -0.4 is 5.73 Å². The summed E-state index contributed by atoms with van der Waals surface area (Å²) in [6, 6.07) is 8.12. The van der Waals surface area contributed by atoms with Crippen molar-refractivity contribution in [3.05, 3.63) is 35.7 Å². The minimum Gasteiger partial charge on any atom is -0.324 e. The van der Waals surface area contributed by atoms with Gasteiger partial charge in [0.05, 0.1) is 12.2 Å². The molecule has 16 heavy (non-hydrogen) atoms. The third-order valence-electron chi connectivity index (χ3n) is 2.46. The third kappa shape index (κ3) is 1.94. The normalized spacial score (nSPS) is 10.6. The molecule has 0 aliphatic heterocycles. The number of tetrazole rings is 1. The highest BCUT2D eigenvalue weighted by molar-refractivity contribution is 5.40. The van der Waals surface area contributed by atoms with E-state index in [2.05, 4.69) is 28.5 Å². The number of hydrogen-bond acceptors (Lipinski definition) is 4. The summed E-state index contributed by atoms with van der Waals surface area (Å²) in [5.74, 6) is 0.684.